The van der Waals surface area contributed by atoms with Crippen molar-refractivity contribution in [2.45, 2.75) is 19.9 Å². The first kappa shape index (κ1) is 13.1. The highest BCUT2D eigenvalue weighted by Gasteiger charge is 2.16. The molecule has 0 aliphatic rings. The zero-order chi connectivity index (χ0) is 13.8. The van der Waals surface area contributed by atoms with Crippen LogP contribution in [-0.2, 0) is 13.0 Å². The van der Waals surface area contributed by atoms with Gasteiger partial charge in [-0.1, -0.05) is 25.1 Å². The third kappa shape index (κ3) is 2.93. The van der Waals surface area contributed by atoms with Gasteiger partial charge in [-0.3, -0.25) is 9.89 Å². The summed E-state index contributed by atoms with van der Waals surface area (Å²) in [4.78, 5) is 13.7. The monoisotopic (exact) mass is 259 g/mol. The molecule has 0 atom stereocenters. The average molecular weight is 259 g/mol. The quantitative estimate of drug-likeness (QED) is 0.881. The summed E-state index contributed by atoms with van der Waals surface area (Å²) >= 11 is 0. The molecule has 1 heterocycles. The van der Waals surface area contributed by atoms with Crippen molar-refractivity contribution >= 4 is 5.91 Å². The molecule has 0 spiro atoms. The number of phenolic OH excluding ortho intramolecular Hbond substituents is 1. The largest absolute Gasteiger partial charge is 0.508 e. The second-order valence-electron chi connectivity index (χ2n) is 4.42. The lowest BCUT2D eigenvalue weighted by Crippen LogP contribution is -2.26. The maximum Gasteiger partial charge on any atom is 0.274 e. The van der Waals surface area contributed by atoms with E-state index in [9.17, 15) is 9.90 Å². The number of amides is 1. The number of rotatable bonds is 4. The van der Waals surface area contributed by atoms with Gasteiger partial charge >= 0.3 is 0 Å². The Hall–Kier alpha value is -2.30. The lowest BCUT2D eigenvalue weighted by atomic mass is 10.2. The van der Waals surface area contributed by atoms with Gasteiger partial charge in [0.25, 0.3) is 5.91 Å². The van der Waals surface area contributed by atoms with E-state index in [-0.39, 0.29) is 11.7 Å². The van der Waals surface area contributed by atoms with Crippen molar-refractivity contribution < 1.29 is 9.90 Å². The number of carbonyl (C=O) groups is 1. The Bertz CT molecular complexity index is 578. The highest BCUT2D eigenvalue weighted by Crippen LogP contribution is 2.18. The first-order valence-corrected chi connectivity index (χ1v) is 6.18. The Morgan fingerprint density at radius 1 is 1.42 bits per heavy atom. The van der Waals surface area contributed by atoms with Crippen LogP contribution in [0.3, 0.4) is 0 Å². The summed E-state index contributed by atoms with van der Waals surface area (Å²) in [6, 6.07) is 8.74. The highest BCUT2D eigenvalue weighted by atomic mass is 16.3. The summed E-state index contributed by atoms with van der Waals surface area (Å²) in [5.74, 6) is 0.0256. The number of aromatic nitrogens is 2. The number of nitrogens with zero attached hydrogens (tertiary/aromatic N) is 2. The van der Waals surface area contributed by atoms with Crippen molar-refractivity contribution in [2.75, 3.05) is 7.05 Å². The molecule has 5 heteroatoms. The van der Waals surface area contributed by atoms with Crippen molar-refractivity contribution in [2.24, 2.45) is 0 Å². The van der Waals surface area contributed by atoms with Gasteiger partial charge in [-0.2, -0.15) is 5.10 Å². The Morgan fingerprint density at radius 3 is 2.79 bits per heavy atom. The van der Waals surface area contributed by atoms with Crippen LogP contribution in [0.5, 0.6) is 5.75 Å². The molecule has 2 aromatic rings. The van der Waals surface area contributed by atoms with Crippen LogP contribution in [0.15, 0.2) is 30.3 Å². The van der Waals surface area contributed by atoms with Crippen molar-refractivity contribution in [3.8, 4) is 5.75 Å². The molecule has 19 heavy (non-hydrogen) atoms. The molecule has 0 aliphatic heterocycles. The summed E-state index contributed by atoms with van der Waals surface area (Å²) in [6.45, 7) is 2.34. The Kier molecular flexibility index (Phi) is 3.85. The first-order chi connectivity index (χ1) is 9.11. The van der Waals surface area contributed by atoms with Crippen molar-refractivity contribution in [1.82, 2.24) is 15.1 Å². The molecule has 1 amide bonds. The van der Waals surface area contributed by atoms with Crippen molar-refractivity contribution in [1.29, 1.82) is 0 Å². The van der Waals surface area contributed by atoms with Crippen LogP contribution < -0.4 is 0 Å². The van der Waals surface area contributed by atoms with E-state index in [1.54, 1.807) is 31.3 Å². The molecule has 5 nitrogen and oxygen atoms in total. The van der Waals surface area contributed by atoms with E-state index >= 15 is 0 Å². The number of carbonyl (C=O) groups excluding carboxylic acids is 1. The van der Waals surface area contributed by atoms with Crippen LogP contribution in [0.4, 0.5) is 0 Å². The number of aromatic amines is 1. The van der Waals surface area contributed by atoms with Gasteiger partial charge in [0, 0.05) is 24.8 Å². The third-order valence-electron chi connectivity index (χ3n) is 2.98. The predicted molar refractivity (Wildman–Crippen MR) is 71.9 cm³/mol. The lowest BCUT2D eigenvalue weighted by Gasteiger charge is -2.16. The fourth-order valence-corrected chi connectivity index (χ4v) is 1.82. The molecule has 0 radical (unpaired) electrons. The van der Waals surface area contributed by atoms with E-state index < -0.39 is 0 Å². The van der Waals surface area contributed by atoms with Gasteiger partial charge in [-0.25, -0.2) is 0 Å². The van der Waals surface area contributed by atoms with Gasteiger partial charge in [0.1, 0.15) is 11.4 Å². The number of aryl methyl sites for hydroxylation is 1. The minimum atomic E-state index is -0.167. The zero-order valence-corrected chi connectivity index (χ0v) is 11.1. The van der Waals surface area contributed by atoms with Crippen molar-refractivity contribution in [3.63, 3.8) is 0 Å². The second kappa shape index (κ2) is 5.56. The summed E-state index contributed by atoms with van der Waals surface area (Å²) in [5, 5.41) is 16.5. The van der Waals surface area contributed by atoms with Crippen LogP contribution in [0.25, 0.3) is 0 Å². The summed E-state index contributed by atoms with van der Waals surface area (Å²) in [6.07, 6.45) is 0.809. The molecule has 1 aromatic heterocycles. The van der Waals surface area contributed by atoms with Gasteiger partial charge in [0.2, 0.25) is 0 Å². The molecule has 0 saturated heterocycles. The number of hydrogen-bond donors (Lipinski definition) is 2. The van der Waals surface area contributed by atoms with Crippen LogP contribution in [0, 0.1) is 0 Å². The molecule has 100 valence electrons. The van der Waals surface area contributed by atoms with Gasteiger partial charge in [0.05, 0.1) is 0 Å². The minimum absolute atomic E-state index is 0.167. The van der Waals surface area contributed by atoms with Gasteiger partial charge in [-0.05, 0) is 18.6 Å². The SMILES string of the molecule is CCc1cc(C(=O)N(C)Cc2ccccc2O)n[nH]1. The fourth-order valence-electron chi connectivity index (χ4n) is 1.82. The zero-order valence-electron chi connectivity index (χ0n) is 11.1. The van der Waals surface area contributed by atoms with Crippen LogP contribution in [-0.4, -0.2) is 33.2 Å². The minimum Gasteiger partial charge on any atom is -0.508 e. The summed E-state index contributed by atoms with van der Waals surface area (Å²) in [7, 11) is 1.69. The highest BCUT2D eigenvalue weighted by molar-refractivity contribution is 5.92. The summed E-state index contributed by atoms with van der Waals surface area (Å²) in [5.41, 5.74) is 2.04. The molecule has 0 saturated carbocycles. The van der Waals surface area contributed by atoms with E-state index in [1.807, 2.05) is 13.0 Å². The molecule has 2 rings (SSSR count). The number of aromatic hydroxyl groups is 1. The lowest BCUT2D eigenvalue weighted by molar-refractivity contribution is 0.0778. The number of para-hydroxylation sites is 1. The Balaban J connectivity index is 2.09. The molecule has 2 N–H and O–H groups in total. The molecule has 0 fully saturated rings. The normalized spacial score (nSPS) is 10.4. The fraction of sp³-hybridized carbons (Fsp3) is 0.286. The third-order valence-corrected chi connectivity index (χ3v) is 2.98. The van der Waals surface area contributed by atoms with E-state index in [4.69, 9.17) is 0 Å². The smallest absolute Gasteiger partial charge is 0.274 e. The molecular weight excluding hydrogens is 242 g/mol. The maximum atomic E-state index is 12.2. The summed E-state index contributed by atoms with van der Waals surface area (Å²) < 4.78 is 0. The molecule has 0 aliphatic carbocycles. The van der Waals surface area contributed by atoms with Crippen LogP contribution in [0.2, 0.25) is 0 Å². The molecule has 0 bridgehead atoms. The second-order valence-corrected chi connectivity index (χ2v) is 4.42. The topological polar surface area (TPSA) is 69.2 Å². The molecule has 1 aromatic carbocycles. The first-order valence-electron chi connectivity index (χ1n) is 6.18. The number of hydrogen-bond acceptors (Lipinski definition) is 3. The Labute approximate surface area is 111 Å². The number of H-pyrrole nitrogens is 1. The van der Waals surface area contributed by atoms with Crippen LogP contribution in [0.1, 0.15) is 28.7 Å². The van der Waals surface area contributed by atoms with E-state index in [2.05, 4.69) is 10.2 Å². The Morgan fingerprint density at radius 2 is 2.16 bits per heavy atom. The average Bonchev–Trinajstić information content (AvgIpc) is 2.89. The van der Waals surface area contributed by atoms with Crippen LogP contribution >= 0.6 is 0 Å². The predicted octanol–water partition coefficient (Wildman–Crippen LogP) is 1.95. The van der Waals surface area contributed by atoms with Gasteiger partial charge < -0.3 is 10.0 Å². The number of nitrogens with one attached hydrogen (secondary N) is 1. The van der Waals surface area contributed by atoms with E-state index in [0.29, 0.717) is 17.8 Å². The van der Waals surface area contributed by atoms with E-state index in [1.165, 1.54) is 4.90 Å². The van der Waals surface area contributed by atoms with E-state index in [0.717, 1.165) is 12.1 Å². The van der Waals surface area contributed by atoms with Gasteiger partial charge in [-0.15, -0.1) is 0 Å². The van der Waals surface area contributed by atoms with Crippen molar-refractivity contribution in [3.05, 3.63) is 47.3 Å². The molecular formula is C14H17N3O2. The number of phenols is 1. The standard InChI is InChI=1S/C14H17N3O2/c1-3-11-8-12(16-15-11)14(19)17(2)9-10-6-4-5-7-13(10)18/h4-8,18H,3,9H2,1-2H3,(H,15,16). The number of benzene rings is 1. The van der Waals surface area contributed by atoms with Gasteiger partial charge in [0.15, 0.2) is 0 Å². The molecule has 0 unspecified atom stereocenters. The maximum absolute atomic E-state index is 12.2.